The molecule has 1 aromatic heterocycles. The van der Waals surface area contributed by atoms with Gasteiger partial charge >= 0.3 is 5.97 Å². The number of ether oxygens (including phenoxy) is 1. The van der Waals surface area contributed by atoms with E-state index in [-0.39, 0.29) is 41.5 Å². The first-order valence-electron chi connectivity index (χ1n) is 11.8. The van der Waals surface area contributed by atoms with Crippen LogP contribution in [-0.2, 0) is 14.3 Å². The van der Waals surface area contributed by atoms with Gasteiger partial charge in [0.1, 0.15) is 0 Å². The normalized spacial score (nSPS) is 42.9. The van der Waals surface area contributed by atoms with E-state index in [1.54, 1.807) is 19.1 Å². The zero-order valence-electron chi connectivity index (χ0n) is 19.2. The Bertz CT molecular complexity index is 1090. The number of thiol groups is 1. The van der Waals surface area contributed by atoms with Crippen molar-refractivity contribution in [3.05, 3.63) is 48.0 Å². The molecule has 5 rings (SSSR count). The summed E-state index contributed by atoms with van der Waals surface area (Å²) in [6.45, 7) is 3.68. The lowest BCUT2D eigenvalue weighted by molar-refractivity contribution is -0.194. The van der Waals surface area contributed by atoms with E-state index >= 15 is 4.39 Å². The van der Waals surface area contributed by atoms with Crippen LogP contribution >= 0.6 is 12.6 Å². The number of esters is 1. The van der Waals surface area contributed by atoms with Gasteiger partial charge in [0.25, 0.3) is 0 Å². The molecule has 182 valence electrons. The number of carbonyl (C=O) groups is 3. The molecule has 34 heavy (non-hydrogen) atoms. The van der Waals surface area contributed by atoms with Gasteiger partial charge in [-0.05, 0) is 68.2 Å². The van der Waals surface area contributed by atoms with Crippen LogP contribution in [0.15, 0.2) is 46.6 Å². The molecular formula is C26H29FO6S. The third kappa shape index (κ3) is 3.14. The van der Waals surface area contributed by atoms with Crippen molar-refractivity contribution in [2.45, 2.75) is 51.3 Å². The fourth-order valence-electron chi connectivity index (χ4n) is 7.69. The van der Waals surface area contributed by atoms with Crippen LogP contribution in [0.3, 0.4) is 0 Å². The molecule has 4 aliphatic rings. The number of alkyl halides is 1. The monoisotopic (exact) mass is 488 g/mol. The first kappa shape index (κ1) is 23.5. The SMILES string of the molecule is C[C@]12C=CC(=O)C=C1CC[C@H]1[C@@H]3CC(COC(=O)c4ccco4)C(C(=O)S)[C@@]3(C)CC(O)[C@@]12F. The number of hydrogen-bond donors (Lipinski definition) is 2. The number of fused-ring (bicyclic) bond motifs is 5. The maximum absolute atomic E-state index is 17.2. The van der Waals surface area contributed by atoms with E-state index in [0.29, 0.717) is 24.8 Å². The number of ketones is 1. The molecule has 0 aromatic carbocycles. The summed E-state index contributed by atoms with van der Waals surface area (Å²) in [5, 5.41) is 11.0. The minimum atomic E-state index is -1.97. The standard InChI is InChI=1S/C26H29FO6S/c1-24-12-20(29)26(27)17(6-5-15-11-16(28)7-8-25(15,26)2)18(24)10-14(21(24)23(31)34)13-33-22(30)19-4-3-9-32-19/h3-4,7-9,11,14,17-18,20-21,29H,5-6,10,12-13H2,1-2H3,(H,31,34)/t14?,17-,18-,20?,21?,24-,25-,26-/m0/s1. The molecule has 4 aliphatic carbocycles. The highest BCUT2D eigenvalue weighted by molar-refractivity contribution is 7.96. The van der Waals surface area contributed by atoms with Crippen LogP contribution < -0.4 is 0 Å². The summed E-state index contributed by atoms with van der Waals surface area (Å²) in [5.74, 6) is -2.36. The number of hydrogen-bond acceptors (Lipinski definition) is 6. The summed E-state index contributed by atoms with van der Waals surface area (Å²) in [6.07, 6.45) is 6.18. The molecule has 1 heterocycles. The molecule has 0 saturated heterocycles. The number of aliphatic hydroxyl groups is 1. The minimum absolute atomic E-state index is 0.0124. The molecule has 0 aliphatic heterocycles. The van der Waals surface area contributed by atoms with Crippen LogP contribution in [0, 0.1) is 34.5 Å². The summed E-state index contributed by atoms with van der Waals surface area (Å²) in [6, 6.07) is 3.09. The Morgan fingerprint density at radius 1 is 1.32 bits per heavy atom. The van der Waals surface area contributed by atoms with Gasteiger partial charge in [0.05, 0.1) is 19.0 Å². The average Bonchev–Trinajstić information content (AvgIpc) is 3.40. The van der Waals surface area contributed by atoms with Gasteiger partial charge in [-0.3, -0.25) is 9.59 Å². The van der Waals surface area contributed by atoms with Gasteiger partial charge in [-0.25, -0.2) is 9.18 Å². The van der Waals surface area contributed by atoms with Crippen molar-refractivity contribution in [3.8, 4) is 0 Å². The smallest absolute Gasteiger partial charge is 0.374 e. The maximum Gasteiger partial charge on any atom is 0.374 e. The van der Waals surface area contributed by atoms with Gasteiger partial charge < -0.3 is 14.3 Å². The van der Waals surface area contributed by atoms with E-state index in [1.165, 1.54) is 24.5 Å². The highest BCUT2D eigenvalue weighted by Gasteiger charge is 2.72. The Balaban J connectivity index is 1.47. The first-order valence-corrected chi connectivity index (χ1v) is 12.2. The summed E-state index contributed by atoms with van der Waals surface area (Å²) in [7, 11) is 0. The Kier molecular flexibility index (Phi) is 5.48. The van der Waals surface area contributed by atoms with E-state index < -0.39 is 40.4 Å². The van der Waals surface area contributed by atoms with Gasteiger partial charge in [0.15, 0.2) is 16.6 Å². The highest BCUT2D eigenvalue weighted by Crippen LogP contribution is 2.69. The second kappa shape index (κ2) is 7.92. The quantitative estimate of drug-likeness (QED) is 0.490. The van der Waals surface area contributed by atoms with Crippen LogP contribution in [0.4, 0.5) is 4.39 Å². The number of carbonyl (C=O) groups excluding carboxylic acids is 3. The predicted octanol–water partition coefficient (Wildman–Crippen LogP) is 4.11. The fourth-order valence-corrected chi connectivity index (χ4v) is 8.19. The molecule has 0 bridgehead atoms. The summed E-state index contributed by atoms with van der Waals surface area (Å²) >= 11 is 4.17. The highest BCUT2D eigenvalue weighted by atomic mass is 32.1. The van der Waals surface area contributed by atoms with Gasteiger partial charge in [-0.1, -0.05) is 18.6 Å². The Morgan fingerprint density at radius 3 is 2.76 bits per heavy atom. The molecule has 0 spiro atoms. The van der Waals surface area contributed by atoms with Crippen LogP contribution in [0.1, 0.15) is 50.1 Å². The number of halogens is 1. The summed E-state index contributed by atoms with van der Waals surface area (Å²) < 4.78 is 27.7. The van der Waals surface area contributed by atoms with Gasteiger partial charge in [-0.15, -0.1) is 12.6 Å². The van der Waals surface area contributed by atoms with Crippen molar-refractivity contribution in [1.82, 2.24) is 0 Å². The van der Waals surface area contributed by atoms with Crippen molar-refractivity contribution in [2.75, 3.05) is 6.61 Å². The van der Waals surface area contributed by atoms with Crippen LogP contribution in [0.5, 0.6) is 0 Å². The van der Waals surface area contributed by atoms with E-state index in [1.807, 2.05) is 6.92 Å². The first-order chi connectivity index (χ1) is 16.0. The van der Waals surface area contributed by atoms with E-state index in [4.69, 9.17) is 9.15 Å². The lowest BCUT2D eigenvalue weighted by Gasteiger charge is -2.61. The zero-order chi connectivity index (χ0) is 24.5. The number of allylic oxidation sites excluding steroid dienone is 4. The molecule has 0 amide bonds. The average molecular weight is 489 g/mol. The van der Waals surface area contributed by atoms with Crippen LogP contribution in [0.2, 0.25) is 0 Å². The predicted molar refractivity (Wildman–Crippen MR) is 124 cm³/mol. The van der Waals surface area contributed by atoms with Gasteiger partial charge in [0.2, 0.25) is 5.76 Å². The van der Waals surface area contributed by atoms with E-state index in [0.717, 1.165) is 0 Å². The molecular weight excluding hydrogens is 459 g/mol. The Hall–Kier alpha value is -2.19. The van der Waals surface area contributed by atoms with Crippen molar-refractivity contribution < 1.29 is 33.0 Å². The topological polar surface area (TPSA) is 93.8 Å². The molecule has 8 heteroatoms. The Morgan fingerprint density at radius 2 is 2.09 bits per heavy atom. The number of rotatable bonds is 4. The van der Waals surface area contributed by atoms with E-state index in [2.05, 4.69) is 12.6 Å². The van der Waals surface area contributed by atoms with Crippen molar-refractivity contribution in [3.63, 3.8) is 0 Å². The maximum atomic E-state index is 17.2. The molecule has 6 nitrogen and oxygen atoms in total. The molecule has 0 radical (unpaired) electrons. The second-order valence-electron chi connectivity index (χ2n) is 10.7. The lowest BCUT2D eigenvalue weighted by atomic mass is 9.45. The summed E-state index contributed by atoms with van der Waals surface area (Å²) in [4.78, 5) is 37.0. The van der Waals surface area contributed by atoms with Crippen molar-refractivity contribution in [1.29, 1.82) is 0 Å². The van der Waals surface area contributed by atoms with E-state index in [9.17, 15) is 19.5 Å². The molecule has 3 fully saturated rings. The third-order valence-electron chi connectivity index (χ3n) is 9.23. The summed E-state index contributed by atoms with van der Waals surface area (Å²) in [5.41, 5.74) is -3.03. The number of furan rings is 1. The molecule has 3 unspecified atom stereocenters. The van der Waals surface area contributed by atoms with Crippen molar-refractivity contribution >= 4 is 29.5 Å². The molecule has 8 atom stereocenters. The van der Waals surface area contributed by atoms with Gasteiger partial charge in [-0.2, -0.15) is 0 Å². The second-order valence-corrected chi connectivity index (χ2v) is 11.2. The largest absolute Gasteiger partial charge is 0.460 e. The zero-order valence-corrected chi connectivity index (χ0v) is 20.1. The minimum Gasteiger partial charge on any atom is -0.460 e. The number of aliphatic hydroxyl groups excluding tert-OH is 1. The molecule has 1 N–H and O–H groups in total. The van der Waals surface area contributed by atoms with Crippen LogP contribution in [0.25, 0.3) is 0 Å². The van der Waals surface area contributed by atoms with Gasteiger partial charge in [0, 0.05) is 23.2 Å². The molecule has 1 aromatic rings. The van der Waals surface area contributed by atoms with Crippen molar-refractivity contribution in [2.24, 2.45) is 34.5 Å². The lowest BCUT2D eigenvalue weighted by Crippen LogP contribution is -2.66. The third-order valence-corrected chi connectivity index (χ3v) is 9.51. The molecule has 3 saturated carbocycles. The Labute approximate surface area is 203 Å². The fraction of sp³-hybridized carbons (Fsp3) is 0.577. The van der Waals surface area contributed by atoms with Crippen LogP contribution in [-0.4, -0.2) is 40.4 Å².